The van der Waals surface area contributed by atoms with Crippen LogP contribution in [0.3, 0.4) is 0 Å². The van der Waals surface area contributed by atoms with Crippen molar-refractivity contribution >= 4 is 5.78 Å². The summed E-state index contributed by atoms with van der Waals surface area (Å²) in [6.45, 7) is 3.86. The zero-order chi connectivity index (χ0) is 8.48. The average Bonchev–Trinajstić information content (AvgIpc) is 1.95. The van der Waals surface area contributed by atoms with E-state index in [4.69, 9.17) is 5.11 Å². The van der Waals surface area contributed by atoms with E-state index in [2.05, 4.69) is 0 Å². The molecular formula is C9H14O2. The highest BCUT2D eigenvalue weighted by Gasteiger charge is 2.33. The number of carbonyl (C=O) groups is 1. The Morgan fingerprint density at radius 1 is 1.55 bits per heavy atom. The zero-order valence-corrected chi connectivity index (χ0v) is 7.05. The van der Waals surface area contributed by atoms with Crippen LogP contribution in [-0.4, -0.2) is 10.9 Å². The van der Waals surface area contributed by atoms with Gasteiger partial charge >= 0.3 is 0 Å². The highest BCUT2D eigenvalue weighted by Crippen LogP contribution is 2.34. The van der Waals surface area contributed by atoms with E-state index in [1.54, 1.807) is 0 Å². The molecule has 0 amide bonds. The highest BCUT2D eigenvalue weighted by molar-refractivity contribution is 5.99. The molecule has 2 heteroatoms. The second-order valence-electron chi connectivity index (χ2n) is 3.72. The SMILES string of the molecule is CC1(C)CCC/C(=C\O)C1=O. The lowest BCUT2D eigenvalue weighted by Crippen LogP contribution is -2.29. The summed E-state index contributed by atoms with van der Waals surface area (Å²) in [5.74, 6) is 0.103. The van der Waals surface area contributed by atoms with Crippen molar-refractivity contribution in [2.75, 3.05) is 0 Å². The van der Waals surface area contributed by atoms with Gasteiger partial charge in [-0.15, -0.1) is 0 Å². The summed E-state index contributed by atoms with van der Waals surface area (Å²) in [7, 11) is 0. The third-order valence-electron chi connectivity index (χ3n) is 2.31. The monoisotopic (exact) mass is 154 g/mol. The molecule has 0 aliphatic heterocycles. The van der Waals surface area contributed by atoms with E-state index in [0.717, 1.165) is 25.5 Å². The Bertz CT molecular complexity index is 202. The summed E-state index contributed by atoms with van der Waals surface area (Å²) in [6.07, 6.45) is 3.64. The van der Waals surface area contributed by atoms with E-state index < -0.39 is 0 Å². The minimum absolute atomic E-state index is 0.103. The van der Waals surface area contributed by atoms with Gasteiger partial charge in [-0.25, -0.2) is 0 Å². The maximum atomic E-state index is 11.4. The maximum absolute atomic E-state index is 11.4. The summed E-state index contributed by atoms with van der Waals surface area (Å²) in [5.41, 5.74) is 0.327. The first-order valence-corrected chi connectivity index (χ1v) is 3.96. The van der Waals surface area contributed by atoms with Gasteiger partial charge in [-0.05, 0) is 19.3 Å². The molecule has 0 saturated heterocycles. The molecule has 1 rings (SSSR count). The molecule has 62 valence electrons. The van der Waals surface area contributed by atoms with E-state index in [-0.39, 0.29) is 11.2 Å². The number of Topliss-reactive ketones (excluding diaryl/α,β-unsaturated/α-hetero) is 1. The molecular weight excluding hydrogens is 140 g/mol. The van der Waals surface area contributed by atoms with E-state index in [9.17, 15) is 4.79 Å². The van der Waals surface area contributed by atoms with Crippen LogP contribution in [0, 0.1) is 5.41 Å². The van der Waals surface area contributed by atoms with Crippen molar-refractivity contribution in [2.45, 2.75) is 33.1 Å². The van der Waals surface area contributed by atoms with E-state index in [0.29, 0.717) is 5.57 Å². The van der Waals surface area contributed by atoms with Gasteiger partial charge in [0, 0.05) is 11.0 Å². The topological polar surface area (TPSA) is 37.3 Å². The molecule has 0 spiro atoms. The van der Waals surface area contributed by atoms with Gasteiger partial charge in [0.25, 0.3) is 0 Å². The molecule has 11 heavy (non-hydrogen) atoms. The second-order valence-corrected chi connectivity index (χ2v) is 3.72. The van der Waals surface area contributed by atoms with Gasteiger partial charge in [-0.2, -0.15) is 0 Å². The highest BCUT2D eigenvalue weighted by atomic mass is 16.2. The third-order valence-corrected chi connectivity index (χ3v) is 2.31. The average molecular weight is 154 g/mol. The molecule has 0 aromatic carbocycles. The van der Waals surface area contributed by atoms with Crippen molar-refractivity contribution in [1.82, 2.24) is 0 Å². The van der Waals surface area contributed by atoms with E-state index >= 15 is 0 Å². The van der Waals surface area contributed by atoms with Crippen molar-refractivity contribution in [3.05, 3.63) is 11.8 Å². The summed E-state index contributed by atoms with van der Waals surface area (Å²) < 4.78 is 0. The van der Waals surface area contributed by atoms with Crippen LogP contribution in [0.2, 0.25) is 0 Å². The number of aliphatic hydroxyl groups is 1. The van der Waals surface area contributed by atoms with Crippen LogP contribution < -0.4 is 0 Å². The Morgan fingerprint density at radius 2 is 2.18 bits per heavy atom. The van der Waals surface area contributed by atoms with Gasteiger partial charge in [0.15, 0.2) is 5.78 Å². The minimum Gasteiger partial charge on any atom is -0.515 e. The van der Waals surface area contributed by atoms with Crippen LogP contribution in [0.15, 0.2) is 11.8 Å². The van der Waals surface area contributed by atoms with Crippen LogP contribution >= 0.6 is 0 Å². The molecule has 0 radical (unpaired) electrons. The summed E-state index contributed by atoms with van der Waals surface area (Å²) >= 11 is 0. The number of rotatable bonds is 0. The molecule has 0 atom stereocenters. The molecule has 0 aromatic rings. The summed E-state index contributed by atoms with van der Waals surface area (Å²) in [4.78, 5) is 11.4. The van der Waals surface area contributed by atoms with E-state index in [1.807, 2.05) is 13.8 Å². The van der Waals surface area contributed by atoms with Crippen molar-refractivity contribution in [3.8, 4) is 0 Å². The van der Waals surface area contributed by atoms with Crippen LogP contribution in [-0.2, 0) is 4.79 Å². The van der Waals surface area contributed by atoms with Crippen LogP contribution in [0.4, 0.5) is 0 Å². The standard InChI is InChI=1S/C9H14O2/c1-9(2)5-3-4-7(6-10)8(9)11/h6,10H,3-5H2,1-2H3/b7-6+. The van der Waals surface area contributed by atoms with Gasteiger partial charge in [0.2, 0.25) is 0 Å². The quantitative estimate of drug-likeness (QED) is 0.429. The number of hydrogen-bond acceptors (Lipinski definition) is 2. The number of aliphatic hydroxyl groups excluding tert-OH is 1. The third kappa shape index (κ3) is 1.44. The normalized spacial score (nSPS) is 27.5. The fourth-order valence-electron chi connectivity index (χ4n) is 1.51. The lowest BCUT2D eigenvalue weighted by molar-refractivity contribution is -0.125. The number of ketones is 1. The molecule has 1 N–H and O–H groups in total. The molecule has 2 nitrogen and oxygen atoms in total. The first kappa shape index (κ1) is 8.31. The van der Waals surface area contributed by atoms with Gasteiger partial charge in [0.05, 0.1) is 6.26 Å². The summed E-state index contributed by atoms with van der Waals surface area (Å²) in [5, 5.41) is 8.71. The largest absolute Gasteiger partial charge is 0.515 e. The second kappa shape index (κ2) is 2.68. The Morgan fingerprint density at radius 3 is 2.64 bits per heavy atom. The molecule has 0 bridgehead atoms. The molecule has 1 fully saturated rings. The van der Waals surface area contributed by atoms with Gasteiger partial charge in [0.1, 0.15) is 0 Å². The predicted molar refractivity (Wildman–Crippen MR) is 43.4 cm³/mol. The van der Waals surface area contributed by atoms with Gasteiger partial charge in [-0.3, -0.25) is 4.79 Å². The van der Waals surface area contributed by atoms with Crippen molar-refractivity contribution in [2.24, 2.45) is 5.41 Å². The van der Waals surface area contributed by atoms with Gasteiger partial charge < -0.3 is 5.11 Å². The Balaban J connectivity index is 2.85. The minimum atomic E-state index is -0.257. The molecule has 0 aromatic heterocycles. The first-order valence-electron chi connectivity index (χ1n) is 3.96. The summed E-state index contributed by atoms with van der Waals surface area (Å²) in [6, 6.07) is 0. The van der Waals surface area contributed by atoms with Crippen molar-refractivity contribution in [1.29, 1.82) is 0 Å². The van der Waals surface area contributed by atoms with Crippen molar-refractivity contribution < 1.29 is 9.90 Å². The Labute approximate surface area is 66.9 Å². The number of hydrogen-bond donors (Lipinski definition) is 1. The molecule has 1 aliphatic carbocycles. The number of carbonyl (C=O) groups excluding carboxylic acids is 1. The Hall–Kier alpha value is -0.790. The lowest BCUT2D eigenvalue weighted by Gasteiger charge is -2.28. The van der Waals surface area contributed by atoms with Gasteiger partial charge in [-0.1, -0.05) is 13.8 Å². The smallest absolute Gasteiger partial charge is 0.167 e. The molecule has 0 heterocycles. The van der Waals surface area contributed by atoms with Crippen LogP contribution in [0.25, 0.3) is 0 Å². The molecule has 0 unspecified atom stereocenters. The first-order chi connectivity index (χ1) is 5.08. The van der Waals surface area contributed by atoms with Crippen molar-refractivity contribution in [3.63, 3.8) is 0 Å². The maximum Gasteiger partial charge on any atom is 0.167 e. The number of allylic oxidation sites excluding steroid dienone is 1. The fraction of sp³-hybridized carbons (Fsp3) is 0.667. The fourth-order valence-corrected chi connectivity index (χ4v) is 1.51. The van der Waals surface area contributed by atoms with Crippen LogP contribution in [0.5, 0.6) is 0 Å². The zero-order valence-electron chi connectivity index (χ0n) is 7.05. The predicted octanol–water partition coefficient (Wildman–Crippen LogP) is 2.21. The van der Waals surface area contributed by atoms with Crippen LogP contribution in [0.1, 0.15) is 33.1 Å². The lowest BCUT2D eigenvalue weighted by atomic mass is 9.74. The molecule has 1 saturated carbocycles. The van der Waals surface area contributed by atoms with E-state index in [1.165, 1.54) is 0 Å². The Kier molecular flexibility index (Phi) is 2.03. The molecule has 1 aliphatic rings.